The highest BCUT2D eigenvalue weighted by Crippen LogP contribution is 2.31. The van der Waals surface area contributed by atoms with Gasteiger partial charge in [0, 0.05) is 17.6 Å². The number of carbonyl (C=O) groups is 1. The number of amides is 1. The third-order valence-electron chi connectivity index (χ3n) is 3.51. The van der Waals surface area contributed by atoms with Crippen LogP contribution in [0.15, 0.2) is 41.9 Å². The highest BCUT2D eigenvalue weighted by atomic mass is 32.1. The molecule has 0 N–H and O–H groups in total. The van der Waals surface area contributed by atoms with Crippen LogP contribution in [0, 0.1) is 0 Å². The van der Waals surface area contributed by atoms with Gasteiger partial charge in [0.15, 0.2) is 0 Å². The average molecular weight is 272 g/mol. The Hall–Kier alpha value is -1.68. The summed E-state index contributed by atoms with van der Waals surface area (Å²) in [5, 5.41) is 2.02. The van der Waals surface area contributed by atoms with Crippen LogP contribution in [-0.4, -0.2) is 22.3 Å². The van der Waals surface area contributed by atoms with Crippen molar-refractivity contribution >= 4 is 17.2 Å². The van der Waals surface area contributed by atoms with E-state index >= 15 is 0 Å². The maximum atomic E-state index is 12.4. The predicted molar refractivity (Wildman–Crippen MR) is 75.9 cm³/mol. The molecular weight excluding hydrogens is 256 g/mol. The molecule has 0 saturated carbocycles. The molecule has 0 aliphatic carbocycles. The molecule has 1 fully saturated rings. The summed E-state index contributed by atoms with van der Waals surface area (Å²) >= 11 is 1.64. The molecule has 1 atom stereocenters. The first-order valence-corrected chi connectivity index (χ1v) is 7.45. The van der Waals surface area contributed by atoms with E-state index in [1.54, 1.807) is 17.5 Å². The second kappa shape index (κ2) is 5.53. The van der Waals surface area contributed by atoms with Crippen LogP contribution in [0.25, 0.3) is 0 Å². The van der Waals surface area contributed by atoms with Gasteiger partial charge in [0.1, 0.15) is 0 Å². The van der Waals surface area contributed by atoms with Crippen molar-refractivity contribution in [3.05, 3.63) is 52.5 Å². The second-order valence-electron chi connectivity index (χ2n) is 4.76. The molecule has 3 rings (SSSR count). The van der Waals surface area contributed by atoms with Gasteiger partial charge in [-0.1, -0.05) is 12.1 Å². The number of likely N-dealkylation sites (tertiary alicyclic amines) is 1. The summed E-state index contributed by atoms with van der Waals surface area (Å²) in [4.78, 5) is 19.9. The van der Waals surface area contributed by atoms with Gasteiger partial charge in [-0.05, 0) is 36.4 Å². The van der Waals surface area contributed by atoms with Crippen molar-refractivity contribution in [1.82, 2.24) is 9.88 Å². The third kappa shape index (κ3) is 2.68. The Labute approximate surface area is 116 Å². The van der Waals surface area contributed by atoms with E-state index in [2.05, 4.69) is 4.98 Å². The highest BCUT2D eigenvalue weighted by Gasteiger charge is 2.30. The van der Waals surface area contributed by atoms with E-state index in [0.717, 1.165) is 30.0 Å². The molecule has 1 aliphatic rings. The fourth-order valence-corrected chi connectivity index (χ4v) is 3.31. The van der Waals surface area contributed by atoms with E-state index < -0.39 is 0 Å². The van der Waals surface area contributed by atoms with Crippen molar-refractivity contribution in [2.75, 3.05) is 6.54 Å². The lowest BCUT2D eigenvalue weighted by molar-refractivity contribution is -0.131. The molecule has 19 heavy (non-hydrogen) atoms. The molecular formula is C15H16N2OS. The standard InChI is InChI=1S/C15H16N2OS/c18-15(11-12-5-4-10-19-12)17-9-3-7-14(17)13-6-1-2-8-16-13/h1-2,4-6,8,10,14H,3,7,9,11H2. The fraction of sp³-hybridized carbons (Fsp3) is 0.333. The van der Waals surface area contributed by atoms with Crippen LogP contribution in [0.5, 0.6) is 0 Å². The zero-order valence-corrected chi connectivity index (χ0v) is 11.5. The molecule has 3 nitrogen and oxygen atoms in total. The molecule has 3 heterocycles. The highest BCUT2D eigenvalue weighted by molar-refractivity contribution is 7.10. The Kier molecular flexibility index (Phi) is 3.60. The van der Waals surface area contributed by atoms with Crippen molar-refractivity contribution < 1.29 is 4.79 Å². The molecule has 1 saturated heterocycles. The number of aromatic nitrogens is 1. The van der Waals surface area contributed by atoms with Crippen LogP contribution < -0.4 is 0 Å². The van der Waals surface area contributed by atoms with Gasteiger partial charge in [-0.3, -0.25) is 9.78 Å². The molecule has 1 amide bonds. The maximum absolute atomic E-state index is 12.4. The summed E-state index contributed by atoms with van der Waals surface area (Å²) in [5.74, 6) is 0.218. The molecule has 0 aromatic carbocycles. The van der Waals surface area contributed by atoms with Gasteiger partial charge in [0.2, 0.25) is 5.91 Å². The molecule has 98 valence electrons. The van der Waals surface area contributed by atoms with Gasteiger partial charge < -0.3 is 4.90 Å². The van der Waals surface area contributed by atoms with Gasteiger partial charge in [0.05, 0.1) is 18.2 Å². The van der Waals surface area contributed by atoms with Crippen LogP contribution in [0.4, 0.5) is 0 Å². The second-order valence-corrected chi connectivity index (χ2v) is 5.79. The van der Waals surface area contributed by atoms with Crippen LogP contribution in [0.3, 0.4) is 0 Å². The van der Waals surface area contributed by atoms with E-state index in [9.17, 15) is 4.79 Å². The molecule has 0 radical (unpaired) electrons. The summed E-state index contributed by atoms with van der Waals surface area (Å²) in [6, 6.07) is 10.1. The number of hydrogen-bond acceptors (Lipinski definition) is 3. The first-order valence-electron chi connectivity index (χ1n) is 6.57. The largest absolute Gasteiger partial charge is 0.334 e. The van der Waals surface area contributed by atoms with Gasteiger partial charge in [-0.2, -0.15) is 0 Å². The first kappa shape index (κ1) is 12.4. The quantitative estimate of drug-likeness (QED) is 0.860. The fourth-order valence-electron chi connectivity index (χ4n) is 2.61. The van der Waals surface area contributed by atoms with Gasteiger partial charge in [0.25, 0.3) is 0 Å². The van der Waals surface area contributed by atoms with E-state index in [1.807, 2.05) is 40.6 Å². The predicted octanol–water partition coefficient (Wildman–Crippen LogP) is 3.05. The van der Waals surface area contributed by atoms with Crippen LogP contribution >= 0.6 is 11.3 Å². The Bertz CT molecular complexity index is 539. The minimum atomic E-state index is 0.161. The first-order chi connectivity index (χ1) is 9.34. The Morgan fingerprint density at radius 2 is 2.32 bits per heavy atom. The number of carbonyl (C=O) groups excluding carboxylic acids is 1. The SMILES string of the molecule is O=C(Cc1cccs1)N1CCCC1c1ccccn1. The summed E-state index contributed by atoms with van der Waals surface area (Å²) in [6.07, 6.45) is 4.40. The minimum absolute atomic E-state index is 0.161. The monoisotopic (exact) mass is 272 g/mol. The summed E-state index contributed by atoms with van der Waals surface area (Å²) in [6.45, 7) is 0.853. The summed E-state index contributed by atoms with van der Waals surface area (Å²) in [5.41, 5.74) is 1.01. The molecule has 2 aromatic rings. The average Bonchev–Trinajstić information content (AvgIpc) is 3.10. The normalized spacial score (nSPS) is 18.7. The molecule has 0 spiro atoms. The number of pyridine rings is 1. The molecule has 2 aromatic heterocycles. The van der Waals surface area contributed by atoms with Crippen LogP contribution in [0.1, 0.15) is 29.5 Å². The van der Waals surface area contributed by atoms with E-state index in [1.165, 1.54) is 0 Å². The number of hydrogen-bond donors (Lipinski definition) is 0. The number of rotatable bonds is 3. The van der Waals surface area contributed by atoms with Gasteiger partial charge in [-0.15, -0.1) is 11.3 Å². The lowest BCUT2D eigenvalue weighted by Crippen LogP contribution is -2.32. The van der Waals surface area contributed by atoms with Crippen LogP contribution in [-0.2, 0) is 11.2 Å². The number of nitrogens with zero attached hydrogens (tertiary/aromatic N) is 2. The van der Waals surface area contributed by atoms with E-state index in [0.29, 0.717) is 6.42 Å². The zero-order valence-electron chi connectivity index (χ0n) is 10.7. The maximum Gasteiger partial charge on any atom is 0.228 e. The third-order valence-corrected chi connectivity index (χ3v) is 4.38. The Morgan fingerprint density at radius 1 is 1.37 bits per heavy atom. The summed E-state index contributed by atoms with van der Waals surface area (Å²) < 4.78 is 0. The van der Waals surface area contributed by atoms with Crippen molar-refractivity contribution in [2.24, 2.45) is 0 Å². The Balaban J connectivity index is 1.74. The smallest absolute Gasteiger partial charge is 0.228 e. The molecule has 1 unspecified atom stereocenters. The van der Waals surface area contributed by atoms with Crippen LogP contribution in [0.2, 0.25) is 0 Å². The van der Waals surface area contributed by atoms with Crippen molar-refractivity contribution in [1.29, 1.82) is 0 Å². The van der Waals surface area contributed by atoms with Gasteiger partial charge >= 0.3 is 0 Å². The topological polar surface area (TPSA) is 33.2 Å². The molecule has 4 heteroatoms. The van der Waals surface area contributed by atoms with Gasteiger partial charge in [-0.25, -0.2) is 0 Å². The molecule has 0 bridgehead atoms. The lowest BCUT2D eigenvalue weighted by atomic mass is 10.1. The van der Waals surface area contributed by atoms with Crippen molar-refractivity contribution in [3.8, 4) is 0 Å². The van der Waals surface area contributed by atoms with E-state index in [4.69, 9.17) is 0 Å². The number of thiophene rings is 1. The zero-order chi connectivity index (χ0) is 13.1. The molecule has 1 aliphatic heterocycles. The Morgan fingerprint density at radius 3 is 3.05 bits per heavy atom. The van der Waals surface area contributed by atoms with Crippen molar-refractivity contribution in [3.63, 3.8) is 0 Å². The summed E-state index contributed by atoms with van der Waals surface area (Å²) in [7, 11) is 0. The van der Waals surface area contributed by atoms with Crippen molar-refractivity contribution in [2.45, 2.75) is 25.3 Å². The lowest BCUT2D eigenvalue weighted by Gasteiger charge is -2.24. The van der Waals surface area contributed by atoms with E-state index in [-0.39, 0.29) is 11.9 Å². The minimum Gasteiger partial charge on any atom is -0.334 e.